The third kappa shape index (κ3) is 2.02. The normalized spacial score (nSPS) is 30.9. The van der Waals surface area contributed by atoms with Crippen LogP contribution in [0.5, 0.6) is 0 Å². The molecule has 0 aromatic heterocycles. The van der Waals surface area contributed by atoms with Gasteiger partial charge in [-0.25, -0.2) is 0 Å². The molecule has 0 heterocycles. The van der Waals surface area contributed by atoms with Crippen molar-refractivity contribution in [2.24, 2.45) is 11.8 Å². The Balaban J connectivity index is 2.10. The van der Waals surface area contributed by atoms with Crippen molar-refractivity contribution < 1.29 is 0 Å². The van der Waals surface area contributed by atoms with Gasteiger partial charge in [-0.05, 0) is 24.7 Å². The molecule has 0 aromatic carbocycles. The monoisotopic (exact) mass is 136 g/mol. The minimum atomic E-state index is 0.799. The summed E-state index contributed by atoms with van der Waals surface area (Å²) in [6.45, 7) is 5.98. The van der Waals surface area contributed by atoms with Crippen LogP contribution in [0.1, 0.15) is 26.2 Å². The Kier molecular flexibility index (Phi) is 2.73. The number of hydrogen-bond acceptors (Lipinski definition) is 0. The fraction of sp³-hybridized carbons (Fsp3) is 0.600. The molecule has 1 aliphatic carbocycles. The van der Waals surface area contributed by atoms with Crippen LogP contribution in [-0.4, -0.2) is 0 Å². The molecule has 1 rings (SSSR count). The molecule has 1 saturated carbocycles. The summed E-state index contributed by atoms with van der Waals surface area (Å²) in [5.74, 6) is 1.64. The van der Waals surface area contributed by atoms with Gasteiger partial charge in [0.15, 0.2) is 0 Å². The van der Waals surface area contributed by atoms with E-state index in [-0.39, 0.29) is 0 Å². The molecule has 0 amide bonds. The first-order valence-corrected chi connectivity index (χ1v) is 4.17. The van der Waals surface area contributed by atoms with Gasteiger partial charge < -0.3 is 0 Å². The lowest BCUT2D eigenvalue weighted by Gasteiger charge is -1.84. The molecule has 0 aliphatic heterocycles. The Hall–Kier alpha value is -0.520. The molecule has 0 aromatic rings. The summed E-state index contributed by atoms with van der Waals surface area (Å²) in [7, 11) is 0. The average Bonchev–Trinajstić information content (AvgIpc) is 2.68. The van der Waals surface area contributed by atoms with Gasteiger partial charge in [-0.3, -0.25) is 0 Å². The van der Waals surface area contributed by atoms with Crippen LogP contribution in [0.4, 0.5) is 0 Å². The molecule has 0 saturated heterocycles. The standard InChI is InChI=1S/C10H16/c1-3-5-6-7-10-8-9(10)4-2/h4,6-7,9-10H,2-3,5,8H2,1H3. The molecular formula is C10H16. The number of hydrogen-bond donors (Lipinski definition) is 0. The number of unbranched alkanes of at least 4 members (excludes halogenated alkanes) is 1. The maximum absolute atomic E-state index is 3.77. The van der Waals surface area contributed by atoms with Gasteiger partial charge >= 0.3 is 0 Å². The van der Waals surface area contributed by atoms with Crippen molar-refractivity contribution in [3.05, 3.63) is 24.8 Å². The molecule has 0 heteroatoms. The van der Waals surface area contributed by atoms with Crippen LogP contribution in [0.25, 0.3) is 0 Å². The van der Waals surface area contributed by atoms with Crippen LogP contribution in [-0.2, 0) is 0 Å². The largest absolute Gasteiger partial charge is 0.103 e. The molecule has 2 unspecified atom stereocenters. The van der Waals surface area contributed by atoms with Gasteiger partial charge in [-0.15, -0.1) is 6.58 Å². The van der Waals surface area contributed by atoms with Gasteiger partial charge in [0.25, 0.3) is 0 Å². The highest BCUT2D eigenvalue weighted by atomic mass is 14.3. The summed E-state index contributed by atoms with van der Waals surface area (Å²) >= 11 is 0. The van der Waals surface area contributed by atoms with E-state index in [4.69, 9.17) is 0 Å². The predicted molar refractivity (Wildman–Crippen MR) is 45.8 cm³/mol. The summed E-state index contributed by atoms with van der Waals surface area (Å²) < 4.78 is 0. The second-order valence-electron chi connectivity index (χ2n) is 3.02. The van der Waals surface area contributed by atoms with Gasteiger partial charge in [0.05, 0.1) is 0 Å². The predicted octanol–water partition coefficient (Wildman–Crippen LogP) is 3.16. The molecule has 2 atom stereocenters. The topological polar surface area (TPSA) is 0 Å². The SMILES string of the molecule is C=CC1CC1C=CCCC. The molecule has 0 nitrogen and oxygen atoms in total. The first-order chi connectivity index (χ1) is 4.88. The van der Waals surface area contributed by atoms with Crippen LogP contribution in [0, 0.1) is 11.8 Å². The number of allylic oxidation sites excluding steroid dienone is 3. The molecule has 0 N–H and O–H groups in total. The molecule has 1 aliphatic rings. The average molecular weight is 136 g/mol. The molecule has 0 spiro atoms. The third-order valence-electron chi connectivity index (χ3n) is 2.03. The molecule has 0 bridgehead atoms. The smallest absolute Gasteiger partial charge is 0.0165 e. The van der Waals surface area contributed by atoms with Gasteiger partial charge in [-0.1, -0.05) is 31.6 Å². The fourth-order valence-electron chi connectivity index (χ4n) is 1.17. The first-order valence-electron chi connectivity index (χ1n) is 4.17. The van der Waals surface area contributed by atoms with Gasteiger partial charge in [-0.2, -0.15) is 0 Å². The Morgan fingerprint density at radius 3 is 2.80 bits per heavy atom. The zero-order valence-corrected chi connectivity index (χ0v) is 6.72. The van der Waals surface area contributed by atoms with Crippen molar-refractivity contribution in [1.82, 2.24) is 0 Å². The maximum Gasteiger partial charge on any atom is -0.0165 e. The first kappa shape index (κ1) is 7.59. The minimum absolute atomic E-state index is 0.799. The summed E-state index contributed by atoms with van der Waals surface area (Å²) in [5, 5.41) is 0. The van der Waals surface area contributed by atoms with Crippen LogP contribution in [0.15, 0.2) is 24.8 Å². The Morgan fingerprint density at radius 1 is 1.50 bits per heavy atom. The van der Waals surface area contributed by atoms with Crippen LogP contribution in [0.2, 0.25) is 0 Å². The second-order valence-corrected chi connectivity index (χ2v) is 3.02. The Labute approximate surface area is 63.6 Å². The lowest BCUT2D eigenvalue weighted by Crippen LogP contribution is -1.70. The number of rotatable bonds is 4. The van der Waals surface area contributed by atoms with Crippen molar-refractivity contribution in [3.63, 3.8) is 0 Å². The third-order valence-corrected chi connectivity index (χ3v) is 2.03. The van der Waals surface area contributed by atoms with E-state index in [0.29, 0.717) is 0 Å². The van der Waals surface area contributed by atoms with Gasteiger partial charge in [0.2, 0.25) is 0 Å². The zero-order valence-electron chi connectivity index (χ0n) is 6.72. The van der Waals surface area contributed by atoms with Crippen LogP contribution in [0.3, 0.4) is 0 Å². The molecular weight excluding hydrogens is 120 g/mol. The highest BCUT2D eigenvalue weighted by molar-refractivity contribution is 5.08. The molecule has 10 heavy (non-hydrogen) atoms. The van der Waals surface area contributed by atoms with Crippen LogP contribution >= 0.6 is 0 Å². The van der Waals surface area contributed by atoms with Crippen molar-refractivity contribution >= 4 is 0 Å². The highest BCUT2D eigenvalue weighted by Gasteiger charge is 2.31. The van der Waals surface area contributed by atoms with Gasteiger partial charge in [0, 0.05) is 0 Å². The summed E-state index contributed by atoms with van der Waals surface area (Å²) in [6.07, 6.45) is 10.6. The van der Waals surface area contributed by atoms with E-state index in [2.05, 4.69) is 31.7 Å². The van der Waals surface area contributed by atoms with Gasteiger partial charge in [0.1, 0.15) is 0 Å². The van der Waals surface area contributed by atoms with E-state index in [9.17, 15) is 0 Å². The van der Waals surface area contributed by atoms with Crippen molar-refractivity contribution in [2.45, 2.75) is 26.2 Å². The summed E-state index contributed by atoms with van der Waals surface area (Å²) in [5.41, 5.74) is 0. The van der Waals surface area contributed by atoms with E-state index >= 15 is 0 Å². The summed E-state index contributed by atoms with van der Waals surface area (Å²) in [6, 6.07) is 0. The Bertz CT molecular complexity index is 133. The van der Waals surface area contributed by atoms with E-state index in [1.165, 1.54) is 19.3 Å². The highest BCUT2D eigenvalue weighted by Crippen LogP contribution is 2.40. The molecule has 1 fully saturated rings. The quantitative estimate of drug-likeness (QED) is 0.521. The fourth-order valence-corrected chi connectivity index (χ4v) is 1.17. The second kappa shape index (κ2) is 3.60. The zero-order chi connectivity index (χ0) is 7.40. The molecule has 56 valence electrons. The van der Waals surface area contributed by atoms with E-state index in [0.717, 1.165) is 11.8 Å². The maximum atomic E-state index is 3.77. The summed E-state index contributed by atoms with van der Waals surface area (Å²) in [4.78, 5) is 0. The lowest BCUT2D eigenvalue weighted by atomic mass is 10.2. The van der Waals surface area contributed by atoms with Crippen LogP contribution < -0.4 is 0 Å². The van der Waals surface area contributed by atoms with Crippen molar-refractivity contribution in [1.29, 1.82) is 0 Å². The van der Waals surface area contributed by atoms with E-state index in [1.54, 1.807) is 0 Å². The lowest BCUT2D eigenvalue weighted by molar-refractivity contribution is 0.931. The molecule has 0 radical (unpaired) electrons. The Morgan fingerprint density at radius 2 is 2.30 bits per heavy atom. The van der Waals surface area contributed by atoms with E-state index in [1.807, 2.05) is 0 Å². The van der Waals surface area contributed by atoms with Crippen molar-refractivity contribution in [3.8, 4) is 0 Å². The van der Waals surface area contributed by atoms with Crippen molar-refractivity contribution in [2.75, 3.05) is 0 Å². The van der Waals surface area contributed by atoms with E-state index < -0.39 is 0 Å². The minimum Gasteiger partial charge on any atom is -0.103 e.